The summed E-state index contributed by atoms with van der Waals surface area (Å²) in [5, 5.41) is 4.07. The van der Waals surface area contributed by atoms with Crippen LogP contribution in [0.2, 0.25) is 0 Å². The first kappa shape index (κ1) is 23.6. The van der Waals surface area contributed by atoms with Crippen molar-refractivity contribution in [1.82, 2.24) is 10.2 Å². The second-order valence-electron chi connectivity index (χ2n) is 7.76. The largest absolute Gasteiger partial charge is 0.452 e. The summed E-state index contributed by atoms with van der Waals surface area (Å²) >= 11 is 0. The van der Waals surface area contributed by atoms with Crippen LogP contribution in [0.5, 0.6) is 0 Å². The number of urea groups is 1. The molecule has 0 aliphatic carbocycles. The molecule has 0 spiro atoms. The molecule has 0 atom stereocenters. The van der Waals surface area contributed by atoms with Crippen molar-refractivity contribution in [3.8, 4) is 0 Å². The molecule has 3 rings (SSSR count). The van der Waals surface area contributed by atoms with Crippen LogP contribution in [0.4, 0.5) is 14.9 Å². The fourth-order valence-electron chi connectivity index (χ4n) is 3.10. The Morgan fingerprint density at radius 3 is 2.42 bits per heavy atom. The maximum absolute atomic E-state index is 13.5. The molecular formula is C23H22FN3O6. The number of benzene rings is 2. The summed E-state index contributed by atoms with van der Waals surface area (Å²) in [5.74, 6) is -3.14. The van der Waals surface area contributed by atoms with E-state index in [2.05, 4.69) is 5.32 Å². The van der Waals surface area contributed by atoms with Gasteiger partial charge in [0.1, 0.15) is 5.82 Å². The summed E-state index contributed by atoms with van der Waals surface area (Å²) in [6.45, 7) is 3.45. The highest BCUT2D eigenvalue weighted by Crippen LogP contribution is 2.25. The summed E-state index contributed by atoms with van der Waals surface area (Å²) in [5.41, 5.74) is 0.138. The molecule has 2 aromatic carbocycles. The Morgan fingerprint density at radius 1 is 1.03 bits per heavy atom. The van der Waals surface area contributed by atoms with Crippen LogP contribution in [0.15, 0.2) is 42.5 Å². The number of ether oxygens (including phenoxy) is 1. The molecule has 1 heterocycles. The van der Waals surface area contributed by atoms with Gasteiger partial charge in [0.15, 0.2) is 6.61 Å². The van der Waals surface area contributed by atoms with Crippen LogP contribution in [-0.2, 0) is 9.53 Å². The standard InChI is InChI=1S/C23H22FN3O6/c1-13(2)9-10-27-20(29)15-8-7-14(11-16(15)21(27)30)22(31)33-12-19(28)26-23(32)25-18-6-4-3-5-17(18)24/h3-8,11,13H,9-10,12H2,1-2H3,(H2,25,26,28,32). The van der Waals surface area contributed by atoms with Crippen LogP contribution in [0, 0.1) is 11.7 Å². The minimum atomic E-state index is -0.996. The first-order valence-corrected chi connectivity index (χ1v) is 10.2. The van der Waals surface area contributed by atoms with Gasteiger partial charge in [0.05, 0.1) is 22.4 Å². The van der Waals surface area contributed by atoms with E-state index in [-0.39, 0.29) is 28.9 Å². The fourth-order valence-corrected chi connectivity index (χ4v) is 3.10. The molecule has 2 N–H and O–H groups in total. The van der Waals surface area contributed by atoms with E-state index < -0.39 is 42.1 Å². The van der Waals surface area contributed by atoms with Crippen LogP contribution in [0.25, 0.3) is 0 Å². The number of fused-ring (bicyclic) bond motifs is 1. The smallest absolute Gasteiger partial charge is 0.338 e. The third-order valence-corrected chi connectivity index (χ3v) is 4.85. The lowest BCUT2D eigenvalue weighted by Crippen LogP contribution is -2.37. The van der Waals surface area contributed by atoms with Gasteiger partial charge in [0.25, 0.3) is 17.7 Å². The molecule has 0 bridgehead atoms. The lowest BCUT2D eigenvalue weighted by molar-refractivity contribution is -0.123. The number of para-hydroxylation sites is 1. The molecule has 0 saturated carbocycles. The van der Waals surface area contributed by atoms with Crippen LogP contribution in [-0.4, -0.2) is 47.8 Å². The number of anilines is 1. The van der Waals surface area contributed by atoms with E-state index in [4.69, 9.17) is 4.74 Å². The minimum absolute atomic E-state index is 0.0239. The van der Waals surface area contributed by atoms with Crippen molar-refractivity contribution in [2.45, 2.75) is 20.3 Å². The van der Waals surface area contributed by atoms with Crippen molar-refractivity contribution in [3.05, 3.63) is 65.0 Å². The highest BCUT2D eigenvalue weighted by molar-refractivity contribution is 6.22. The molecule has 33 heavy (non-hydrogen) atoms. The van der Waals surface area contributed by atoms with Gasteiger partial charge < -0.3 is 10.1 Å². The second-order valence-corrected chi connectivity index (χ2v) is 7.76. The Hall–Kier alpha value is -4.08. The first-order chi connectivity index (χ1) is 15.7. The highest BCUT2D eigenvalue weighted by Gasteiger charge is 2.35. The van der Waals surface area contributed by atoms with Crippen LogP contribution in [0.1, 0.15) is 51.3 Å². The number of carbonyl (C=O) groups excluding carboxylic acids is 5. The summed E-state index contributed by atoms with van der Waals surface area (Å²) in [6.07, 6.45) is 0.653. The highest BCUT2D eigenvalue weighted by atomic mass is 19.1. The van der Waals surface area contributed by atoms with E-state index in [9.17, 15) is 28.4 Å². The van der Waals surface area contributed by atoms with Crippen molar-refractivity contribution in [3.63, 3.8) is 0 Å². The van der Waals surface area contributed by atoms with Crippen molar-refractivity contribution >= 4 is 35.4 Å². The predicted molar refractivity (Wildman–Crippen MR) is 115 cm³/mol. The maximum atomic E-state index is 13.5. The number of amides is 5. The van der Waals surface area contributed by atoms with Gasteiger partial charge >= 0.3 is 12.0 Å². The Kier molecular flexibility index (Phi) is 7.17. The number of nitrogens with one attached hydrogen (secondary N) is 2. The van der Waals surface area contributed by atoms with Gasteiger partial charge in [-0.05, 0) is 42.7 Å². The Labute approximate surface area is 188 Å². The van der Waals surface area contributed by atoms with Gasteiger partial charge in [-0.2, -0.15) is 0 Å². The molecule has 0 fully saturated rings. The molecule has 1 aliphatic rings. The third-order valence-electron chi connectivity index (χ3n) is 4.85. The normalized spacial score (nSPS) is 12.5. The zero-order chi connectivity index (χ0) is 24.1. The topological polar surface area (TPSA) is 122 Å². The molecule has 9 nitrogen and oxygen atoms in total. The van der Waals surface area contributed by atoms with E-state index >= 15 is 0 Å². The van der Waals surface area contributed by atoms with Gasteiger partial charge in [-0.15, -0.1) is 0 Å². The predicted octanol–water partition coefficient (Wildman–Crippen LogP) is 2.97. The molecule has 1 aliphatic heterocycles. The van der Waals surface area contributed by atoms with Gasteiger partial charge in [-0.25, -0.2) is 14.0 Å². The molecule has 0 unspecified atom stereocenters. The molecule has 0 radical (unpaired) electrons. The molecule has 172 valence electrons. The van der Waals surface area contributed by atoms with Crippen LogP contribution < -0.4 is 10.6 Å². The van der Waals surface area contributed by atoms with E-state index in [1.54, 1.807) is 0 Å². The first-order valence-electron chi connectivity index (χ1n) is 10.2. The summed E-state index contributed by atoms with van der Waals surface area (Å²) < 4.78 is 18.4. The fraction of sp³-hybridized carbons (Fsp3) is 0.261. The number of nitrogens with zero attached hydrogens (tertiary/aromatic N) is 1. The number of hydrogen-bond donors (Lipinski definition) is 2. The number of rotatable bonds is 7. The number of halogens is 1. The lowest BCUT2D eigenvalue weighted by Gasteiger charge is -2.14. The zero-order valence-corrected chi connectivity index (χ0v) is 18.0. The SMILES string of the molecule is CC(C)CCN1C(=O)c2ccc(C(=O)OCC(=O)NC(=O)Nc3ccccc3F)cc2C1=O. The maximum Gasteiger partial charge on any atom is 0.338 e. The van der Waals surface area contributed by atoms with Crippen LogP contribution >= 0.6 is 0 Å². The van der Waals surface area contributed by atoms with Gasteiger partial charge in [0, 0.05) is 6.54 Å². The van der Waals surface area contributed by atoms with Crippen molar-refractivity contribution in [2.24, 2.45) is 5.92 Å². The van der Waals surface area contributed by atoms with Crippen molar-refractivity contribution in [2.75, 3.05) is 18.5 Å². The van der Waals surface area contributed by atoms with Gasteiger partial charge in [0.2, 0.25) is 0 Å². The van der Waals surface area contributed by atoms with E-state index in [1.807, 2.05) is 19.2 Å². The Balaban J connectivity index is 1.56. The summed E-state index contributed by atoms with van der Waals surface area (Å²) in [7, 11) is 0. The molecule has 0 saturated heterocycles. The number of carbonyl (C=O) groups is 5. The monoisotopic (exact) mass is 455 g/mol. The van der Waals surface area contributed by atoms with Gasteiger partial charge in [-0.1, -0.05) is 26.0 Å². The summed E-state index contributed by atoms with van der Waals surface area (Å²) in [4.78, 5) is 62.1. The number of esters is 1. The average Bonchev–Trinajstić information content (AvgIpc) is 3.01. The van der Waals surface area contributed by atoms with E-state index in [1.165, 1.54) is 36.4 Å². The van der Waals surface area contributed by atoms with Crippen molar-refractivity contribution in [1.29, 1.82) is 0 Å². The Morgan fingerprint density at radius 2 is 1.73 bits per heavy atom. The molecule has 0 aromatic heterocycles. The Bertz CT molecular complexity index is 1130. The minimum Gasteiger partial charge on any atom is -0.452 e. The van der Waals surface area contributed by atoms with Crippen LogP contribution in [0.3, 0.4) is 0 Å². The average molecular weight is 455 g/mol. The van der Waals surface area contributed by atoms with Gasteiger partial charge in [-0.3, -0.25) is 24.6 Å². The number of hydrogen-bond acceptors (Lipinski definition) is 6. The van der Waals surface area contributed by atoms with E-state index in [0.29, 0.717) is 12.3 Å². The lowest BCUT2D eigenvalue weighted by atomic mass is 10.1. The molecule has 5 amide bonds. The molecule has 2 aromatic rings. The second kappa shape index (κ2) is 10.0. The quantitative estimate of drug-likeness (QED) is 0.489. The van der Waals surface area contributed by atoms with Crippen molar-refractivity contribution < 1.29 is 33.1 Å². The molecule has 10 heteroatoms. The summed E-state index contributed by atoms with van der Waals surface area (Å²) in [6, 6.07) is 8.32. The molecular weight excluding hydrogens is 433 g/mol. The van der Waals surface area contributed by atoms with E-state index in [0.717, 1.165) is 11.0 Å². The number of imide groups is 2. The zero-order valence-electron chi connectivity index (χ0n) is 18.0. The third kappa shape index (κ3) is 5.59.